The van der Waals surface area contributed by atoms with Crippen LogP contribution in [0.25, 0.3) is 21.9 Å². The summed E-state index contributed by atoms with van der Waals surface area (Å²) in [6.45, 7) is 0. The molecule has 2 aromatic heterocycles. The van der Waals surface area contributed by atoms with Gasteiger partial charge in [0.15, 0.2) is 0 Å². The number of fused-ring (bicyclic) bond motifs is 3. The summed E-state index contributed by atoms with van der Waals surface area (Å²) in [7, 11) is 0. The number of hydrogen-bond donors (Lipinski definition) is 2. The van der Waals surface area contributed by atoms with Crippen LogP contribution >= 0.6 is 0 Å². The maximum absolute atomic E-state index is 4.35. The lowest BCUT2D eigenvalue weighted by molar-refractivity contribution is 1.22. The standard InChI is InChI=1S/C15H11N5/c1-2-4-10(5-3-1)20-15-11-6-7-12-14(18-8-16-12)13(11)17-9-19-15/h1-9H,(H,16,18)(H,17,19,20). The minimum absolute atomic E-state index is 0.783. The number of aromatic amines is 1. The van der Waals surface area contributed by atoms with E-state index in [1.807, 2.05) is 42.5 Å². The first-order valence-electron chi connectivity index (χ1n) is 6.31. The minimum atomic E-state index is 0.783. The van der Waals surface area contributed by atoms with Crippen LogP contribution in [0.2, 0.25) is 0 Å². The first kappa shape index (κ1) is 10.9. The van der Waals surface area contributed by atoms with Crippen LogP contribution in [0, 0.1) is 0 Å². The number of imidazole rings is 1. The molecule has 4 rings (SSSR count). The van der Waals surface area contributed by atoms with Gasteiger partial charge in [0.25, 0.3) is 0 Å². The molecule has 20 heavy (non-hydrogen) atoms. The van der Waals surface area contributed by atoms with Crippen molar-refractivity contribution in [3.05, 3.63) is 55.1 Å². The third kappa shape index (κ3) is 1.68. The molecule has 0 aliphatic carbocycles. The first-order valence-corrected chi connectivity index (χ1v) is 6.31. The van der Waals surface area contributed by atoms with Crippen molar-refractivity contribution in [1.29, 1.82) is 0 Å². The van der Waals surface area contributed by atoms with E-state index in [0.29, 0.717) is 0 Å². The normalized spacial score (nSPS) is 11.0. The van der Waals surface area contributed by atoms with E-state index in [9.17, 15) is 0 Å². The van der Waals surface area contributed by atoms with Crippen molar-refractivity contribution in [3.8, 4) is 0 Å². The van der Waals surface area contributed by atoms with Crippen LogP contribution in [0.15, 0.2) is 55.1 Å². The zero-order valence-electron chi connectivity index (χ0n) is 10.5. The molecule has 0 aliphatic heterocycles. The predicted molar refractivity (Wildman–Crippen MR) is 78.9 cm³/mol. The van der Waals surface area contributed by atoms with Crippen molar-refractivity contribution < 1.29 is 0 Å². The Morgan fingerprint density at radius 1 is 0.850 bits per heavy atom. The van der Waals surface area contributed by atoms with Crippen molar-refractivity contribution in [2.75, 3.05) is 5.32 Å². The van der Waals surface area contributed by atoms with Gasteiger partial charge in [-0.15, -0.1) is 0 Å². The summed E-state index contributed by atoms with van der Waals surface area (Å²) in [6, 6.07) is 13.9. The average molecular weight is 261 g/mol. The Hall–Kier alpha value is -2.95. The quantitative estimate of drug-likeness (QED) is 0.581. The molecule has 5 heteroatoms. The van der Waals surface area contributed by atoms with E-state index in [-0.39, 0.29) is 0 Å². The fourth-order valence-electron chi connectivity index (χ4n) is 2.29. The van der Waals surface area contributed by atoms with Crippen molar-refractivity contribution >= 4 is 33.4 Å². The monoisotopic (exact) mass is 261 g/mol. The van der Waals surface area contributed by atoms with E-state index in [1.54, 1.807) is 12.7 Å². The largest absolute Gasteiger partial charge is 0.345 e. The summed E-state index contributed by atoms with van der Waals surface area (Å²) < 4.78 is 0. The number of nitrogens with one attached hydrogen (secondary N) is 2. The van der Waals surface area contributed by atoms with Gasteiger partial charge in [-0.2, -0.15) is 0 Å². The maximum Gasteiger partial charge on any atom is 0.141 e. The molecule has 0 saturated carbocycles. The topological polar surface area (TPSA) is 66.5 Å². The molecule has 0 amide bonds. The Morgan fingerprint density at radius 3 is 2.65 bits per heavy atom. The van der Waals surface area contributed by atoms with Gasteiger partial charge in [-0.05, 0) is 24.3 Å². The molecule has 0 atom stereocenters. The molecular weight excluding hydrogens is 250 g/mol. The zero-order chi connectivity index (χ0) is 13.4. The Morgan fingerprint density at radius 2 is 1.75 bits per heavy atom. The predicted octanol–water partition coefficient (Wildman–Crippen LogP) is 3.25. The maximum atomic E-state index is 4.35. The van der Waals surface area contributed by atoms with Gasteiger partial charge >= 0.3 is 0 Å². The van der Waals surface area contributed by atoms with Gasteiger partial charge in [0.05, 0.1) is 11.8 Å². The molecule has 0 spiro atoms. The second-order valence-electron chi connectivity index (χ2n) is 4.47. The summed E-state index contributed by atoms with van der Waals surface area (Å²) in [5, 5.41) is 4.27. The molecule has 4 aromatic rings. The van der Waals surface area contributed by atoms with Crippen LogP contribution in [0.3, 0.4) is 0 Å². The first-order chi connectivity index (χ1) is 9.92. The highest BCUT2D eigenvalue weighted by Gasteiger charge is 2.08. The molecule has 2 heterocycles. The van der Waals surface area contributed by atoms with E-state index in [0.717, 1.165) is 33.4 Å². The number of nitrogens with zero attached hydrogens (tertiary/aromatic N) is 3. The van der Waals surface area contributed by atoms with E-state index in [1.165, 1.54) is 0 Å². The highest BCUT2D eigenvalue weighted by Crippen LogP contribution is 2.26. The smallest absolute Gasteiger partial charge is 0.141 e. The third-order valence-electron chi connectivity index (χ3n) is 3.23. The highest BCUT2D eigenvalue weighted by molar-refractivity contribution is 6.05. The summed E-state index contributed by atoms with van der Waals surface area (Å²) >= 11 is 0. The van der Waals surface area contributed by atoms with E-state index >= 15 is 0 Å². The van der Waals surface area contributed by atoms with E-state index in [4.69, 9.17) is 0 Å². The van der Waals surface area contributed by atoms with Crippen LogP contribution in [0.1, 0.15) is 0 Å². The fourth-order valence-corrected chi connectivity index (χ4v) is 2.29. The third-order valence-corrected chi connectivity index (χ3v) is 3.23. The minimum Gasteiger partial charge on any atom is -0.345 e. The number of aromatic nitrogens is 4. The van der Waals surface area contributed by atoms with Gasteiger partial charge in [-0.3, -0.25) is 0 Å². The number of benzene rings is 2. The second-order valence-corrected chi connectivity index (χ2v) is 4.47. The fraction of sp³-hybridized carbons (Fsp3) is 0. The molecule has 0 radical (unpaired) electrons. The number of anilines is 2. The number of rotatable bonds is 2. The molecule has 2 N–H and O–H groups in total. The van der Waals surface area contributed by atoms with Crippen LogP contribution in [0.5, 0.6) is 0 Å². The van der Waals surface area contributed by atoms with Gasteiger partial charge in [0.1, 0.15) is 23.2 Å². The SMILES string of the molecule is c1ccc(Nc2ncnc3c2ccc2[nH]cnc23)cc1. The Balaban J connectivity index is 1.91. The number of hydrogen-bond acceptors (Lipinski definition) is 4. The molecule has 0 unspecified atom stereocenters. The van der Waals surface area contributed by atoms with Crippen molar-refractivity contribution in [1.82, 2.24) is 19.9 Å². The van der Waals surface area contributed by atoms with Crippen LogP contribution in [0.4, 0.5) is 11.5 Å². The molecule has 0 aliphatic rings. The Bertz CT molecular complexity index is 882. The van der Waals surface area contributed by atoms with E-state index in [2.05, 4.69) is 25.3 Å². The molecule has 5 nitrogen and oxygen atoms in total. The Labute approximate surface area is 114 Å². The zero-order valence-corrected chi connectivity index (χ0v) is 10.5. The van der Waals surface area contributed by atoms with Crippen LogP contribution in [-0.2, 0) is 0 Å². The number of para-hydroxylation sites is 1. The summed E-state index contributed by atoms with van der Waals surface area (Å²) in [5.74, 6) is 0.783. The van der Waals surface area contributed by atoms with Crippen molar-refractivity contribution in [3.63, 3.8) is 0 Å². The van der Waals surface area contributed by atoms with Crippen molar-refractivity contribution in [2.45, 2.75) is 0 Å². The van der Waals surface area contributed by atoms with Gasteiger partial charge in [0.2, 0.25) is 0 Å². The lowest BCUT2D eigenvalue weighted by atomic mass is 10.2. The van der Waals surface area contributed by atoms with Gasteiger partial charge in [-0.1, -0.05) is 18.2 Å². The summed E-state index contributed by atoms with van der Waals surface area (Å²) in [5.41, 5.74) is 3.68. The lowest BCUT2D eigenvalue weighted by Crippen LogP contribution is -1.96. The van der Waals surface area contributed by atoms with Crippen LogP contribution in [-0.4, -0.2) is 19.9 Å². The lowest BCUT2D eigenvalue weighted by Gasteiger charge is -2.08. The second kappa shape index (κ2) is 4.31. The van der Waals surface area contributed by atoms with E-state index < -0.39 is 0 Å². The van der Waals surface area contributed by atoms with Gasteiger partial charge < -0.3 is 10.3 Å². The molecular formula is C15H11N5. The average Bonchev–Trinajstić information content (AvgIpc) is 2.97. The Kier molecular flexibility index (Phi) is 2.35. The molecule has 96 valence electrons. The molecule has 2 aromatic carbocycles. The molecule has 0 saturated heterocycles. The summed E-state index contributed by atoms with van der Waals surface area (Å²) in [6.07, 6.45) is 3.23. The van der Waals surface area contributed by atoms with Crippen molar-refractivity contribution in [2.24, 2.45) is 0 Å². The number of H-pyrrole nitrogens is 1. The molecule has 0 bridgehead atoms. The molecule has 0 fully saturated rings. The highest BCUT2D eigenvalue weighted by atomic mass is 15.0. The van der Waals surface area contributed by atoms with Gasteiger partial charge in [-0.25, -0.2) is 15.0 Å². The summed E-state index contributed by atoms with van der Waals surface area (Å²) in [4.78, 5) is 16.1. The van der Waals surface area contributed by atoms with Crippen LogP contribution < -0.4 is 5.32 Å². The van der Waals surface area contributed by atoms with Gasteiger partial charge in [0, 0.05) is 11.1 Å².